The van der Waals surface area contributed by atoms with E-state index in [-0.39, 0.29) is 0 Å². The Morgan fingerprint density at radius 3 is 3.00 bits per heavy atom. The first-order chi connectivity index (χ1) is 5.79. The molecule has 1 heterocycles. The molecule has 1 aromatic heterocycles. The summed E-state index contributed by atoms with van der Waals surface area (Å²) in [6.07, 6.45) is 1.57. The summed E-state index contributed by atoms with van der Waals surface area (Å²) < 4.78 is 0.543. The van der Waals surface area contributed by atoms with Gasteiger partial charge in [-0.1, -0.05) is 18.3 Å². The molecule has 60 valence electrons. The van der Waals surface area contributed by atoms with Gasteiger partial charge in [-0.15, -0.1) is 0 Å². The van der Waals surface area contributed by atoms with Gasteiger partial charge in [0.2, 0.25) is 0 Å². The maximum Gasteiger partial charge on any atom is 0.139 e. The molecule has 0 saturated heterocycles. The molecule has 0 fully saturated rings. The van der Waals surface area contributed by atoms with Gasteiger partial charge in [0.15, 0.2) is 0 Å². The molecule has 0 atom stereocenters. The van der Waals surface area contributed by atoms with Gasteiger partial charge in [0.1, 0.15) is 4.64 Å². The summed E-state index contributed by atoms with van der Waals surface area (Å²) in [4.78, 5) is 6.92. The smallest absolute Gasteiger partial charge is 0.139 e. The highest BCUT2D eigenvalue weighted by Gasteiger charge is 1.98. The Balaban J connectivity index is 3.07. The van der Waals surface area contributed by atoms with Crippen molar-refractivity contribution in [3.05, 3.63) is 29.2 Å². The van der Waals surface area contributed by atoms with Gasteiger partial charge in [0, 0.05) is 5.69 Å². The first-order valence-electron chi connectivity index (χ1n) is 3.51. The number of hydrogen-bond acceptors (Lipinski definition) is 3. The number of nitrogens with zero attached hydrogens (tertiary/aromatic N) is 1. The molecule has 0 bridgehead atoms. The van der Waals surface area contributed by atoms with E-state index in [1.807, 2.05) is 18.2 Å². The topological polar surface area (TPSA) is 54.7 Å². The lowest BCUT2D eigenvalue weighted by molar-refractivity contribution is 1.21. The molecule has 3 nitrogen and oxygen atoms in total. The number of benzene rings is 1. The summed E-state index contributed by atoms with van der Waals surface area (Å²) in [5, 5.41) is 0.829. The molecule has 0 unspecified atom stereocenters. The van der Waals surface area contributed by atoms with Crippen molar-refractivity contribution in [1.82, 2.24) is 9.97 Å². The number of nitrogens with one attached hydrogen (secondary N) is 1. The fourth-order valence-electron chi connectivity index (χ4n) is 1.15. The fraction of sp³-hybridized carbons (Fsp3) is 0. The summed E-state index contributed by atoms with van der Waals surface area (Å²) in [7, 11) is 0. The van der Waals surface area contributed by atoms with Crippen LogP contribution in [-0.2, 0) is 0 Å². The highest BCUT2D eigenvalue weighted by Crippen LogP contribution is 2.18. The van der Waals surface area contributed by atoms with E-state index in [2.05, 4.69) is 9.97 Å². The van der Waals surface area contributed by atoms with E-state index < -0.39 is 0 Å². The molecule has 0 aliphatic carbocycles. The van der Waals surface area contributed by atoms with Crippen molar-refractivity contribution >= 4 is 28.8 Å². The number of nitrogens with two attached hydrogens (primary N) is 1. The first-order valence-corrected chi connectivity index (χ1v) is 3.92. The molecule has 4 heteroatoms. The van der Waals surface area contributed by atoms with Gasteiger partial charge < -0.3 is 10.7 Å². The lowest BCUT2D eigenvalue weighted by atomic mass is 10.2. The minimum Gasteiger partial charge on any atom is -0.398 e. The van der Waals surface area contributed by atoms with Crippen molar-refractivity contribution in [3.63, 3.8) is 0 Å². The van der Waals surface area contributed by atoms with Crippen LogP contribution in [0.15, 0.2) is 24.5 Å². The van der Waals surface area contributed by atoms with Crippen LogP contribution in [0.25, 0.3) is 10.9 Å². The molecule has 2 rings (SSSR count). The van der Waals surface area contributed by atoms with Crippen LogP contribution in [0.5, 0.6) is 0 Å². The van der Waals surface area contributed by atoms with Crippen molar-refractivity contribution in [2.24, 2.45) is 0 Å². The van der Waals surface area contributed by atoms with Crippen LogP contribution in [-0.4, -0.2) is 9.97 Å². The number of anilines is 1. The third kappa shape index (κ3) is 0.967. The molecular formula is C8H7N3S. The number of hydrogen-bond donors (Lipinski definition) is 2. The van der Waals surface area contributed by atoms with Gasteiger partial charge >= 0.3 is 0 Å². The molecule has 0 spiro atoms. The maximum atomic E-state index is 5.73. The summed E-state index contributed by atoms with van der Waals surface area (Å²) in [6.45, 7) is 0. The predicted octanol–water partition coefficient (Wildman–Crippen LogP) is 1.87. The zero-order chi connectivity index (χ0) is 8.55. The third-order valence-electron chi connectivity index (χ3n) is 1.71. The fourth-order valence-corrected chi connectivity index (χ4v) is 1.43. The van der Waals surface area contributed by atoms with E-state index in [0.29, 0.717) is 10.3 Å². The molecule has 0 amide bonds. The molecule has 2 aromatic rings. The second kappa shape index (κ2) is 2.57. The average Bonchev–Trinajstić information content (AvgIpc) is 2.04. The van der Waals surface area contributed by atoms with Crippen molar-refractivity contribution < 1.29 is 0 Å². The first kappa shape index (κ1) is 7.24. The molecule has 1 aromatic carbocycles. The largest absolute Gasteiger partial charge is 0.398 e. The number of aromatic amines is 1. The van der Waals surface area contributed by atoms with Crippen LogP contribution in [0, 0.1) is 4.64 Å². The Bertz CT molecular complexity index is 470. The Morgan fingerprint density at radius 1 is 1.42 bits per heavy atom. The van der Waals surface area contributed by atoms with Crippen LogP contribution in [0.4, 0.5) is 5.69 Å². The second-order valence-electron chi connectivity index (χ2n) is 2.48. The van der Waals surface area contributed by atoms with Crippen molar-refractivity contribution in [2.45, 2.75) is 0 Å². The van der Waals surface area contributed by atoms with E-state index in [4.69, 9.17) is 18.0 Å². The van der Waals surface area contributed by atoms with Crippen molar-refractivity contribution in [3.8, 4) is 0 Å². The van der Waals surface area contributed by atoms with E-state index in [1.54, 1.807) is 6.33 Å². The van der Waals surface area contributed by atoms with Crippen LogP contribution < -0.4 is 5.73 Å². The number of nitrogen functional groups attached to an aromatic ring is 1. The van der Waals surface area contributed by atoms with E-state index in [0.717, 1.165) is 10.9 Å². The minimum atomic E-state index is 0.543. The number of rotatable bonds is 0. The standard InChI is InChI=1S/C8H7N3S/c9-5-2-1-3-6-7(5)8(12)11-4-10-6/h1-4H,9H2,(H,10,11,12). The van der Waals surface area contributed by atoms with E-state index >= 15 is 0 Å². The zero-order valence-corrected chi connectivity index (χ0v) is 7.06. The van der Waals surface area contributed by atoms with Crippen LogP contribution in [0.1, 0.15) is 0 Å². The van der Waals surface area contributed by atoms with Crippen LogP contribution in [0.2, 0.25) is 0 Å². The average molecular weight is 177 g/mol. The summed E-state index contributed by atoms with van der Waals surface area (Å²) >= 11 is 5.03. The lowest BCUT2D eigenvalue weighted by Gasteiger charge is -1.99. The SMILES string of the molecule is Nc1cccc2[nH]cnc(=S)c12. The normalized spacial score (nSPS) is 10.3. The van der Waals surface area contributed by atoms with Crippen LogP contribution in [0.3, 0.4) is 0 Å². The highest BCUT2D eigenvalue weighted by molar-refractivity contribution is 7.71. The number of aromatic nitrogens is 2. The monoisotopic (exact) mass is 177 g/mol. The van der Waals surface area contributed by atoms with Gasteiger partial charge in [0.25, 0.3) is 0 Å². The lowest BCUT2D eigenvalue weighted by Crippen LogP contribution is -1.90. The molecule has 3 N–H and O–H groups in total. The minimum absolute atomic E-state index is 0.543. The highest BCUT2D eigenvalue weighted by atomic mass is 32.1. The molecule has 0 aliphatic rings. The van der Waals surface area contributed by atoms with Gasteiger partial charge in [-0.3, -0.25) is 0 Å². The Morgan fingerprint density at radius 2 is 2.25 bits per heavy atom. The number of H-pyrrole nitrogens is 1. The second-order valence-corrected chi connectivity index (χ2v) is 2.86. The van der Waals surface area contributed by atoms with Gasteiger partial charge in [-0.05, 0) is 12.1 Å². The third-order valence-corrected chi connectivity index (χ3v) is 2.02. The molecule has 12 heavy (non-hydrogen) atoms. The summed E-state index contributed by atoms with van der Waals surface area (Å²) in [5.41, 5.74) is 7.32. The Labute approximate surface area is 74.3 Å². The molecule has 0 aliphatic heterocycles. The molecule has 0 radical (unpaired) electrons. The summed E-state index contributed by atoms with van der Waals surface area (Å²) in [5.74, 6) is 0. The molecule has 0 saturated carbocycles. The quantitative estimate of drug-likeness (QED) is 0.477. The maximum absolute atomic E-state index is 5.73. The van der Waals surface area contributed by atoms with E-state index in [9.17, 15) is 0 Å². The van der Waals surface area contributed by atoms with Gasteiger partial charge in [0.05, 0.1) is 17.2 Å². The number of fused-ring (bicyclic) bond motifs is 1. The van der Waals surface area contributed by atoms with Gasteiger partial charge in [-0.25, -0.2) is 4.98 Å². The van der Waals surface area contributed by atoms with Crippen LogP contribution >= 0.6 is 12.2 Å². The Hall–Kier alpha value is -1.42. The van der Waals surface area contributed by atoms with Gasteiger partial charge in [-0.2, -0.15) is 0 Å². The van der Waals surface area contributed by atoms with Crippen molar-refractivity contribution in [2.75, 3.05) is 5.73 Å². The zero-order valence-electron chi connectivity index (χ0n) is 6.24. The molecular weight excluding hydrogens is 170 g/mol. The summed E-state index contributed by atoms with van der Waals surface area (Å²) in [6, 6.07) is 5.61. The van der Waals surface area contributed by atoms with E-state index in [1.165, 1.54) is 0 Å². The predicted molar refractivity (Wildman–Crippen MR) is 51.3 cm³/mol. The Kier molecular flexibility index (Phi) is 1.55. The van der Waals surface area contributed by atoms with Crippen molar-refractivity contribution in [1.29, 1.82) is 0 Å².